The second-order valence-electron chi connectivity index (χ2n) is 4.12. The molecule has 1 aliphatic carbocycles. The zero-order chi connectivity index (χ0) is 10.8. The Balaban J connectivity index is 2.17. The molecule has 0 spiro atoms. The first-order valence-electron chi connectivity index (χ1n) is 5.17. The zero-order valence-corrected chi connectivity index (χ0v) is 8.78. The molecule has 1 fully saturated rings. The van der Waals surface area contributed by atoms with E-state index in [0.717, 1.165) is 12.5 Å². The second kappa shape index (κ2) is 4.14. The molecule has 1 saturated carbocycles. The average molecular weight is 210 g/mol. The van der Waals surface area contributed by atoms with E-state index in [-0.39, 0.29) is 6.61 Å². The summed E-state index contributed by atoms with van der Waals surface area (Å²) in [5, 5.41) is 9.11. The molecule has 4 heteroatoms. The molecule has 1 aromatic heterocycles. The molecule has 3 nitrogen and oxygen atoms in total. The molecule has 2 rings (SSSR count). The van der Waals surface area contributed by atoms with Crippen LogP contribution >= 0.6 is 0 Å². The topological polar surface area (TPSA) is 36.4 Å². The lowest BCUT2D eigenvalue weighted by molar-refractivity contribution is 0.281. The molecule has 1 N–H and O–H groups in total. The first kappa shape index (κ1) is 10.4. The fourth-order valence-corrected chi connectivity index (χ4v) is 1.71. The Morgan fingerprint density at radius 1 is 1.60 bits per heavy atom. The summed E-state index contributed by atoms with van der Waals surface area (Å²) in [6, 6.07) is 1.34. The first-order chi connectivity index (χ1) is 7.20. The number of aromatic nitrogens is 1. The fourth-order valence-electron chi connectivity index (χ4n) is 1.71. The van der Waals surface area contributed by atoms with Crippen LogP contribution in [0.5, 0.6) is 0 Å². The van der Waals surface area contributed by atoms with Gasteiger partial charge in [0.2, 0.25) is 0 Å². The highest BCUT2D eigenvalue weighted by atomic mass is 19.1. The van der Waals surface area contributed by atoms with Crippen molar-refractivity contribution in [1.29, 1.82) is 0 Å². The Morgan fingerprint density at radius 2 is 2.33 bits per heavy atom. The predicted molar refractivity (Wildman–Crippen MR) is 56.1 cm³/mol. The molecule has 0 unspecified atom stereocenters. The van der Waals surface area contributed by atoms with Crippen LogP contribution in [0.25, 0.3) is 0 Å². The van der Waals surface area contributed by atoms with Gasteiger partial charge >= 0.3 is 0 Å². The third-order valence-corrected chi connectivity index (χ3v) is 2.67. The molecule has 1 aromatic rings. The van der Waals surface area contributed by atoms with E-state index in [0.29, 0.717) is 11.4 Å². The van der Waals surface area contributed by atoms with Gasteiger partial charge in [0, 0.05) is 19.2 Å². The molecule has 0 atom stereocenters. The third kappa shape index (κ3) is 2.45. The van der Waals surface area contributed by atoms with E-state index in [1.165, 1.54) is 25.1 Å². The number of rotatable bonds is 4. The van der Waals surface area contributed by atoms with Gasteiger partial charge in [0.25, 0.3) is 0 Å². The Hall–Kier alpha value is -1.16. The second-order valence-corrected chi connectivity index (χ2v) is 4.12. The molecule has 1 heterocycles. The highest BCUT2D eigenvalue weighted by molar-refractivity contribution is 5.46. The monoisotopic (exact) mass is 210 g/mol. The van der Waals surface area contributed by atoms with E-state index in [1.54, 1.807) is 0 Å². The summed E-state index contributed by atoms with van der Waals surface area (Å²) in [5.41, 5.74) is 0.554. The summed E-state index contributed by atoms with van der Waals surface area (Å²) in [5.74, 6) is 1.03. The summed E-state index contributed by atoms with van der Waals surface area (Å²) in [4.78, 5) is 6.01. The Kier molecular flexibility index (Phi) is 2.86. The minimum absolute atomic E-state index is 0.172. The van der Waals surface area contributed by atoms with Crippen molar-refractivity contribution < 1.29 is 9.50 Å². The van der Waals surface area contributed by atoms with Crippen LogP contribution in [0, 0.1) is 11.7 Å². The highest BCUT2D eigenvalue weighted by Gasteiger charge is 2.24. The predicted octanol–water partition coefficient (Wildman–Crippen LogP) is 1.56. The van der Waals surface area contributed by atoms with Crippen molar-refractivity contribution in [2.45, 2.75) is 19.4 Å². The average Bonchev–Trinajstić information content (AvgIpc) is 3.01. The van der Waals surface area contributed by atoms with Gasteiger partial charge in [-0.1, -0.05) is 0 Å². The molecule has 1 aliphatic rings. The highest BCUT2D eigenvalue weighted by Crippen LogP contribution is 2.31. The van der Waals surface area contributed by atoms with Gasteiger partial charge in [-0.2, -0.15) is 0 Å². The quantitative estimate of drug-likeness (QED) is 0.819. The van der Waals surface area contributed by atoms with Gasteiger partial charge in [0.05, 0.1) is 12.8 Å². The van der Waals surface area contributed by atoms with Crippen LogP contribution in [-0.4, -0.2) is 23.7 Å². The SMILES string of the molecule is CN(CC1CC1)c1ncc(F)cc1CO. The summed E-state index contributed by atoms with van der Waals surface area (Å²) in [6.45, 7) is 0.765. The standard InChI is InChI=1S/C11H15FN2O/c1-14(6-8-2-3-8)11-9(7-15)4-10(12)5-13-11/h4-5,8,15H,2-3,6-7H2,1H3. The van der Waals surface area contributed by atoms with Crippen molar-refractivity contribution in [3.63, 3.8) is 0 Å². The zero-order valence-electron chi connectivity index (χ0n) is 8.78. The maximum atomic E-state index is 12.9. The van der Waals surface area contributed by atoms with Crippen LogP contribution in [0.15, 0.2) is 12.3 Å². The summed E-state index contributed by atoms with van der Waals surface area (Å²) < 4.78 is 12.9. The lowest BCUT2D eigenvalue weighted by Gasteiger charge is -2.20. The van der Waals surface area contributed by atoms with E-state index < -0.39 is 5.82 Å². The Bertz CT molecular complexity index is 352. The minimum Gasteiger partial charge on any atom is -0.392 e. The van der Waals surface area contributed by atoms with Crippen LogP contribution in [0.3, 0.4) is 0 Å². The van der Waals surface area contributed by atoms with Gasteiger partial charge < -0.3 is 10.0 Å². The summed E-state index contributed by atoms with van der Waals surface area (Å²) in [6.07, 6.45) is 3.72. The lowest BCUT2D eigenvalue weighted by Crippen LogP contribution is -2.22. The minimum atomic E-state index is -0.400. The summed E-state index contributed by atoms with van der Waals surface area (Å²) >= 11 is 0. The molecule has 0 aromatic carbocycles. The number of pyridine rings is 1. The van der Waals surface area contributed by atoms with Crippen molar-refractivity contribution in [3.8, 4) is 0 Å². The van der Waals surface area contributed by atoms with Gasteiger partial charge in [-0.3, -0.25) is 0 Å². The Morgan fingerprint density at radius 3 is 2.93 bits per heavy atom. The van der Waals surface area contributed by atoms with Gasteiger partial charge in [0.1, 0.15) is 11.6 Å². The van der Waals surface area contributed by atoms with Crippen molar-refractivity contribution >= 4 is 5.82 Å². The molecule has 0 saturated heterocycles. The molecule has 82 valence electrons. The van der Waals surface area contributed by atoms with E-state index in [9.17, 15) is 4.39 Å². The molecule has 0 aliphatic heterocycles. The Labute approximate surface area is 88.6 Å². The number of hydrogen-bond donors (Lipinski definition) is 1. The van der Waals surface area contributed by atoms with Crippen LogP contribution < -0.4 is 4.90 Å². The molecular weight excluding hydrogens is 195 g/mol. The van der Waals surface area contributed by atoms with Crippen LogP contribution in [0.1, 0.15) is 18.4 Å². The molecular formula is C11H15FN2O. The van der Waals surface area contributed by atoms with Gasteiger partial charge in [0.15, 0.2) is 0 Å². The first-order valence-corrected chi connectivity index (χ1v) is 5.17. The molecule has 0 radical (unpaired) electrons. The number of anilines is 1. The largest absolute Gasteiger partial charge is 0.392 e. The van der Waals surface area contributed by atoms with E-state index in [1.807, 2.05) is 11.9 Å². The lowest BCUT2D eigenvalue weighted by atomic mass is 10.2. The van der Waals surface area contributed by atoms with Gasteiger partial charge in [-0.05, 0) is 24.8 Å². The normalized spacial score (nSPS) is 15.4. The number of halogens is 1. The third-order valence-electron chi connectivity index (χ3n) is 2.67. The number of aliphatic hydroxyl groups is 1. The van der Waals surface area contributed by atoms with Crippen LogP contribution in [0.4, 0.5) is 10.2 Å². The van der Waals surface area contributed by atoms with E-state index in [2.05, 4.69) is 4.98 Å². The smallest absolute Gasteiger partial charge is 0.142 e. The maximum Gasteiger partial charge on any atom is 0.142 e. The fraction of sp³-hybridized carbons (Fsp3) is 0.545. The molecule has 0 bridgehead atoms. The van der Waals surface area contributed by atoms with Crippen molar-refractivity contribution in [3.05, 3.63) is 23.6 Å². The van der Waals surface area contributed by atoms with E-state index >= 15 is 0 Å². The molecule has 15 heavy (non-hydrogen) atoms. The number of aliphatic hydroxyl groups excluding tert-OH is 1. The van der Waals surface area contributed by atoms with Gasteiger partial charge in [-0.15, -0.1) is 0 Å². The van der Waals surface area contributed by atoms with Crippen molar-refractivity contribution in [2.75, 3.05) is 18.5 Å². The van der Waals surface area contributed by atoms with Crippen molar-refractivity contribution in [2.24, 2.45) is 5.92 Å². The van der Waals surface area contributed by atoms with Gasteiger partial charge in [-0.25, -0.2) is 9.37 Å². The van der Waals surface area contributed by atoms with Crippen LogP contribution in [-0.2, 0) is 6.61 Å². The van der Waals surface area contributed by atoms with E-state index in [4.69, 9.17) is 5.11 Å². The number of nitrogens with zero attached hydrogens (tertiary/aromatic N) is 2. The summed E-state index contributed by atoms with van der Waals surface area (Å²) in [7, 11) is 1.93. The maximum absolute atomic E-state index is 12.9. The van der Waals surface area contributed by atoms with Crippen molar-refractivity contribution in [1.82, 2.24) is 4.98 Å². The molecule has 0 amide bonds. The van der Waals surface area contributed by atoms with Crippen LogP contribution in [0.2, 0.25) is 0 Å². The number of hydrogen-bond acceptors (Lipinski definition) is 3.